The van der Waals surface area contributed by atoms with Crippen LogP contribution in [0.15, 0.2) is 0 Å². The van der Waals surface area contributed by atoms with Gasteiger partial charge in [0.15, 0.2) is 5.79 Å². The average molecular weight is 217 g/mol. The summed E-state index contributed by atoms with van der Waals surface area (Å²) in [5.74, 6) is -0.575. The van der Waals surface area contributed by atoms with E-state index >= 15 is 0 Å². The molecule has 0 aromatic carbocycles. The van der Waals surface area contributed by atoms with Crippen LogP contribution < -0.4 is 5.73 Å². The van der Waals surface area contributed by atoms with Crippen molar-refractivity contribution in [2.75, 3.05) is 13.2 Å². The van der Waals surface area contributed by atoms with Crippen LogP contribution in [0.2, 0.25) is 0 Å². The third-order valence-corrected chi connectivity index (χ3v) is 2.88. The van der Waals surface area contributed by atoms with Gasteiger partial charge in [-0.1, -0.05) is 0 Å². The molecule has 0 aromatic rings. The predicted octanol–water partition coefficient (Wildman–Crippen LogP) is -0.385. The molecule has 3 N–H and O–H groups in total. The minimum atomic E-state index is -0.575. The number of fused-ring (bicyclic) bond motifs is 1. The predicted molar refractivity (Wildman–Crippen MR) is 53.2 cm³/mol. The Morgan fingerprint density at radius 3 is 2.73 bits per heavy atom. The molecule has 2 fully saturated rings. The van der Waals surface area contributed by atoms with E-state index in [2.05, 4.69) is 0 Å². The Bertz CT molecular complexity index is 233. The molecule has 88 valence electrons. The third kappa shape index (κ3) is 2.16. The van der Waals surface area contributed by atoms with E-state index in [1.54, 1.807) is 0 Å². The van der Waals surface area contributed by atoms with Crippen molar-refractivity contribution in [2.24, 2.45) is 5.73 Å². The van der Waals surface area contributed by atoms with Crippen LogP contribution in [0.3, 0.4) is 0 Å². The van der Waals surface area contributed by atoms with Crippen molar-refractivity contribution >= 4 is 0 Å². The fourth-order valence-electron chi connectivity index (χ4n) is 2.34. The molecule has 0 unspecified atom stereocenters. The van der Waals surface area contributed by atoms with Gasteiger partial charge in [0.05, 0.1) is 19.3 Å². The van der Waals surface area contributed by atoms with Gasteiger partial charge in [0.1, 0.15) is 12.2 Å². The van der Waals surface area contributed by atoms with Gasteiger partial charge >= 0.3 is 0 Å². The Morgan fingerprint density at radius 1 is 1.40 bits per heavy atom. The van der Waals surface area contributed by atoms with Crippen molar-refractivity contribution in [1.82, 2.24) is 0 Å². The van der Waals surface area contributed by atoms with Gasteiger partial charge in [-0.25, -0.2) is 0 Å². The number of rotatable bonds is 3. The van der Waals surface area contributed by atoms with Gasteiger partial charge in [-0.3, -0.25) is 0 Å². The summed E-state index contributed by atoms with van der Waals surface area (Å²) in [4.78, 5) is 0. The highest BCUT2D eigenvalue weighted by molar-refractivity contribution is 5.01. The molecule has 15 heavy (non-hydrogen) atoms. The van der Waals surface area contributed by atoms with Gasteiger partial charge in [-0.15, -0.1) is 0 Å². The van der Waals surface area contributed by atoms with E-state index in [0.29, 0.717) is 6.61 Å². The molecule has 5 nitrogen and oxygen atoms in total. The molecule has 1 heterocycles. The van der Waals surface area contributed by atoms with Crippen LogP contribution in [-0.2, 0) is 14.2 Å². The van der Waals surface area contributed by atoms with E-state index in [9.17, 15) is 0 Å². The van der Waals surface area contributed by atoms with Crippen molar-refractivity contribution < 1.29 is 19.3 Å². The number of ether oxygens (including phenoxy) is 3. The zero-order valence-electron chi connectivity index (χ0n) is 9.18. The maximum absolute atomic E-state index is 8.71. The van der Waals surface area contributed by atoms with Crippen molar-refractivity contribution in [3.63, 3.8) is 0 Å². The summed E-state index contributed by atoms with van der Waals surface area (Å²) < 4.78 is 16.9. The molecule has 1 aliphatic heterocycles. The molecular formula is C10H19NO4. The molecule has 0 bridgehead atoms. The Hall–Kier alpha value is -0.200. The van der Waals surface area contributed by atoms with Crippen molar-refractivity contribution in [2.45, 2.75) is 50.4 Å². The van der Waals surface area contributed by atoms with E-state index < -0.39 is 5.79 Å². The summed E-state index contributed by atoms with van der Waals surface area (Å²) in [6.45, 7) is 4.10. The summed E-state index contributed by atoms with van der Waals surface area (Å²) >= 11 is 0. The lowest BCUT2D eigenvalue weighted by molar-refractivity contribution is -0.168. The van der Waals surface area contributed by atoms with Gasteiger partial charge in [0.25, 0.3) is 0 Å². The Kier molecular flexibility index (Phi) is 3.00. The van der Waals surface area contributed by atoms with Gasteiger partial charge in [-0.05, 0) is 20.3 Å². The van der Waals surface area contributed by atoms with Crippen LogP contribution in [0.1, 0.15) is 20.3 Å². The van der Waals surface area contributed by atoms with Gasteiger partial charge in [-0.2, -0.15) is 0 Å². The number of aliphatic hydroxyl groups is 1. The van der Waals surface area contributed by atoms with Gasteiger partial charge in [0, 0.05) is 6.04 Å². The Morgan fingerprint density at radius 2 is 2.07 bits per heavy atom. The van der Waals surface area contributed by atoms with Crippen molar-refractivity contribution in [3.05, 3.63) is 0 Å². The van der Waals surface area contributed by atoms with Gasteiger partial charge in [0.2, 0.25) is 0 Å². The lowest BCUT2D eigenvalue weighted by Gasteiger charge is -2.22. The first kappa shape index (κ1) is 11.3. The zero-order chi connectivity index (χ0) is 11.1. The molecule has 1 aliphatic carbocycles. The van der Waals surface area contributed by atoms with Crippen LogP contribution in [-0.4, -0.2) is 48.5 Å². The summed E-state index contributed by atoms with van der Waals surface area (Å²) in [6.07, 6.45) is 0.495. The lowest BCUT2D eigenvalue weighted by Crippen LogP contribution is -2.35. The molecule has 4 atom stereocenters. The molecular weight excluding hydrogens is 198 g/mol. The monoisotopic (exact) mass is 217 g/mol. The maximum Gasteiger partial charge on any atom is 0.163 e. The second kappa shape index (κ2) is 3.99. The van der Waals surface area contributed by atoms with E-state index in [1.807, 2.05) is 13.8 Å². The van der Waals surface area contributed by atoms with E-state index in [-0.39, 0.29) is 31.0 Å². The number of nitrogens with two attached hydrogens (primary N) is 1. The first-order chi connectivity index (χ1) is 7.03. The summed E-state index contributed by atoms with van der Waals surface area (Å²) in [5.41, 5.74) is 5.96. The lowest BCUT2D eigenvalue weighted by atomic mass is 10.2. The van der Waals surface area contributed by atoms with Crippen molar-refractivity contribution in [3.8, 4) is 0 Å². The molecule has 0 amide bonds. The molecule has 1 saturated carbocycles. The summed E-state index contributed by atoms with van der Waals surface area (Å²) in [7, 11) is 0. The Labute approximate surface area is 89.5 Å². The third-order valence-electron chi connectivity index (χ3n) is 2.88. The van der Waals surface area contributed by atoms with Crippen LogP contribution in [0.4, 0.5) is 0 Å². The second-order valence-electron chi connectivity index (χ2n) is 4.60. The normalized spacial score (nSPS) is 43.2. The van der Waals surface area contributed by atoms with E-state index in [1.165, 1.54) is 0 Å². The Balaban J connectivity index is 1.99. The summed E-state index contributed by atoms with van der Waals surface area (Å²) in [6, 6.07) is -0.0412. The molecule has 0 radical (unpaired) electrons. The van der Waals surface area contributed by atoms with Crippen LogP contribution in [0, 0.1) is 0 Å². The quantitative estimate of drug-likeness (QED) is 0.674. The first-order valence-corrected chi connectivity index (χ1v) is 5.37. The number of aliphatic hydroxyl groups excluding tert-OH is 1. The van der Waals surface area contributed by atoms with E-state index in [4.69, 9.17) is 25.1 Å². The number of hydrogen-bond donors (Lipinski definition) is 2. The zero-order valence-corrected chi connectivity index (χ0v) is 9.18. The summed E-state index contributed by atoms with van der Waals surface area (Å²) in [5, 5.41) is 8.71. The minimum Gasteiger partial charge on any atom is -0.394 e. The van der Waals surface area contributed by atoms with E-state index in [0.717, 1.165) is 6.42 Å². The van der Waals surface area contributed by atoms with Gasteiger partial charge < -0.3 is 25.1 Å². The molecule has 2 aliphatic rings. The smallest absolute Gasteiger partial charge is 0.163 e. The fraction of sp³-hybridized carbons (Fsp3) is 1.00. The van der Waals surface area contributed by atoms with Crippen LogP contribution in [0.5, 0.6) is 0 Å². The van der Waals surface area contributed by atoms with Crippen molar-refractivity contribution in [1.29, 1.82) is 0 Å². The average Bonchev–Trinajstić information content (AvgIpc) is 2.60. The molecule has 5 heteroatoms. The molecule has 2 rings (SSSR count). The van der Waals surface area contributed by atoms with Crippen LogP contribution >= 0.6 is 0 Å². The fourth-order valence-corrected chi connectivity index (χ4v) is 2.34. The second-order valence-corrected chi connectivity index (χ2v) is 4.60. The first-order valence-electron chi connectivity index (χ1n) is 5.37. The highest BCUT2D eigenvalue weighted by Crippen LogP contribution is 2.38. The molecule has 0 spiro atoms. The molecule has 1 saturated heterocycles. The maximum atomic E-state index is 8.71. The minimum absolute atomic E-state index is 0.0212. The number of hydrogen-bond acceptors (Lipinski definition) is 5. The largest absolute Gasteiger partial charge is 0.394 e. The highest BCUT2D eigenvalue weighted by atomic mass is 16.8. The standard InChI is InChI=1S/C10H19NO4/c1-10(2)14-8-6(11)5-7(9(8)15-10)13-4-3-12/h6-9,12H,3-5,11H2,1-2H3/t6-,7-,8-,9+/m1/s1. The SMILES string of the molecule is CC1(C)O[C@@H]2[C@H](O1)[C@H](N)C[C@H]2OCCO. The van der Waals surface area contributed by atoms with Crippen LogP contribution in [0.25, 0.3) is 0 Å². The molecule has 0 aromatic heterocycles. The topological polar surface area (TPSA) is 73.9 Å². The highest BCUT2D eigenvalue weighted by Gasteiger charge is 2.53.